The highest BCUT2D eigenvalue weighted by Crippen LogP contribution is 2.31. The molecule has 0 aliphatic heterocycles. The van der Waals surface area contributed by atoms with Crippen LogP contribution in [0.1, 0.15) is 19.8 Å². The van der Waals surface area contributed by atoms with E-state index in [0.29, 0.717) is 6.42 Å². The molecule has 1 atom stereocenters. The molecule has 94 valence electrons. The first kappa shape index (κ1) is 15.6. The molecule has 1 N–H and O–H groups in total. The fraction of sp³-hybridized carbons (Fsp3) is 0.750. The van der Waals surface area contributed by atoms with Gasteiger partial charge in [0.25, 0.3) is 0 Å². The van der Waals surface area contributed by atoms with Gasteiger partial charge < -0.3 is 9.47 Å². The first-order chi connectivity index (χ1) is 7.31. The van der Waals surface area contributed by atoms with E-state index in [1.165, 1.54) is 0 Å². The topological polar surface area (TPSA) is 64.6 Å². The van der Waals surface area contributed by atoms with Crippen molar-refractivity contribution in [3.05, 3.63) is 0 Å². The maximum atomic E-state index is 11.2. The lowest BCUT2D eigenvalue weighted by atomic mass is 10.3. The van der Waals surface area contributed by atoms with E-state index in [0.717, 1.165) is 7.11 Å². The summed E-state index contributed by atoms with van der Waals surface area (Å²) in [5, 5.41) is 2.10. The Bertz CT molecular complexity index is 254. The Kier molecular flexibility index (Phi) is 6.87. The van der Waals surface area contributed by atoms with Crippen molar-refractivity contribution in [1.82, 2.24) is 5.32 Å². The van der Waals surface area contributed by atoms with Gasteiger partial charge in [-0.1, -0.05) is 41.7 Å². The Labute approximate surface area is 108 Å². The molecule has 16 heavy (non-hydrogen) atoms. The normalized spacial score (nSPS) is 12.8. The number of carbonyl (C=O) groups is 2. The zero-order valence-electron chi connectivity index (χ0n) is 8.76. The van der Waals surface area contributed by atoms with Gasteiger partial charge in [0.1, 0.15) is 0 Å². The molecule has 0 saturated carbocycles. The summed E-state index contributed by atoms with van der Waals surface area (Å²) < 4.78 is 7.12. The number of alkyl carbamates (subject to hydrolysis) is 1. The second-order valence-electron chi connectivity index (χ2n) is 2.80. The van der Waals surface area contributed by atoms with E-state index in [1.807, 2.05) is 0 Å². The number of ether oxygens (including phenoxy) is 2. The number of hydrogen-bond acceptors (Lipinski definition) is 4. The van der Waals surface area contributed by atoms with Crippen LogP contribution in [-0.4, -0.2) is 29.2 Å². The van der Waals surface area contributed by atoms with Gasteiger partial charge in [0.2, 0.25) is 10.0 Å². The minimum Gasteiger partial charge on any atom is -0.453 e. The van der Waals surface area contributed by atoms with Gasteiger partial charge in [-0.3, -0.25) is 10.1 Å². The van der Waals surface area contributed by atoms with Crippen LogP contribution < -0.4 is 5.32 Å². The minimum absolute atomic E-state index is 0.167. The molecule has 5 nitrogen and oxygen atoms in total. The predicted octanol–water partition coefficient (Wildman–Crippen LogP) is 2.38. The molecule has 0 heterocycles. The molecule has 0 aromatic rings. The Balaban J connectivity index is 4.44. The van der Waals surface area contributed by atoms with Crippen molar-refractivity contribution in [2.75, 3.05) is 7.11 Å². The lowest BCUT2D eigenvalue weighted by Gasteiger charge is -2.24. The Hall–Kier alpha value is -0.390. The molecule has 0 aromatic carbocycles. The van der Waals surface area contributed by atoms with Crippen LogP contribution >= 0.6 is 34.8 Å². The summed E-state index contributed by atoms with van der Waals surface area (Å²) in [7, 11) is 1.14. The van der Waals surface area contributed by atoms with Crippen LogP contribution in [0.4, 0.5) is 4.79 Å². The van der Waals surface area contributed by atoms with Crippen LogP contribution in [-0.2, 0) is 14.3 Å². The summed E-state index contributed by atoms with van der Waals surface area (Å²) in [6.07, 6.45) is -1.49. The zero-order chi connectivity index (χ0) is 12.8. The first-order valence-corrected chi connectivity index (χ1v) is 5.55. The number of rotatable bonds is 4. The monoisotopic (exact) mass is 291 g/mol. The molecule has 0 unspecified atom stereocenters. The molecule has 0 saturated heterocycles. The van der Waals surface area contributed by atoms with Crippen molar-refractivity contribution >= 4 is 46.9 Å². The van der Waals surface area contributed by atoms with Crippen molar-refractivity contribution in [2.45, 2.75) is 29.8 Å². The predicted molar refractivity (Wildman–Crippen MR) is 60.6 cm³/mol. The highest BCUT2D eigenvalue weighted by Gasteiger charge is 2.37. The van der Waals surface area contributed by atoms with Crippen LogP contribution in [0.2, 0.25) is 0 Å². The number of alkyl halides is 3. The molecule has 0 aliphatic rings. The van der Waals surface area contributed by atoms with Crippen molar-refractivity contribution in [3.63, 3.8) is 0 Å². The molecular formula is C8H12Cl3NO4. The van der Waals surface area contributed by atoms with Crippen molar-refractivity contribution < 1.29 is 19.1 Å². The average Bonchev–Trinajstić information content (AvgIpc) is 2.15. The molecule has 0 aromatic heterocycles. The maximum Gasteiger partial charge on any atom is 0.409 e. The second kappa shape index (κ2) is 7.04. The minimum atomic E-state index is -1.96. The fourth-order valence-electron chi connectivity index (χ4n) is 0.739. The van der Waals surface area contributed by atoms with Gasteiger partial charge in [-0.2, -0.15) is 0 Å². The summed E-state index contributed by atoms with van der Waals surface area (Å²) in [6.45, 7) is 1.79. The maximum absolute atomic E-state index is 11.2. The third-order valence-corrected chi connectivity index (χ3v) is 2.03. The van der Waals surface area contributed by atoms with Gasteiger partial charge in [-0.05, 0) is 6.42 Å². The summed E-state index contributed by atoms with van der Waals surface area (Å²) in [4.78, 5) is 22.1. The average molecular weight is 293 g/mol. The highest BCUT2D eigenvalue weighted by molar-refractivity contribution is 6.68. The number of halogens is 3. The lowest BCUT2D eigenvalue weighted by Crippen LogP contribution is -2.46. The Morgan fingerprint density at radius 3 is 2.31 bits per heavy atom. The quantitative estimate of drug-likeness (QED) is 0.491. The Morgan fingerprint density at radius 2 is 1.94 bits per heavy atom. The largest absolute Gasteiger partial charge is 0.453 e. The van der Waals surface area contributed by atoms with Gasteiger partial charge in [-0.15, -0.1) is 0 Å². The van der Waals surface area contributed by atoms with Crippen LogP contribution in [0.15, 0.2) is 0 Å². The second-order valence-corrected chi connectivity index (χ2v) is 5.17. The first-order valence-electron chi connectivity index (χ1n) is 4.42. The van der Waals surface area contributed by atoms with Crippen LogP contribution in [0.3, 0.4) is 0 Å². The number of carbonyl (C=O) groups excluding carboxylic acids is 2. The molecule has 0 rings (SSSR count). The van der Waals surface area contributed by atoms with E-state index in [-0.39, 0.29) is 6.42 Å². The van der Waals surface area contributed by atoms with Gasteiger partial charge >= 0.3 is 12.1 Å². The van der Waals surface area contributed by atoms with E-state index in [9.17, 15) is 9.59 Å². The molecule has 8 heteroatoms. The van der Waals surface area contributed by atoms with Crippen molar-refractivity contribution in [2.24, 2.45) is 0 Å². The number of hydrogen-bond donors (Lipinski definition) is 1. The standard InChI is InChI=1S/C8H12Cl3NO4/c1-3-4-5(13)16-6(8(9,10)11)12-7(14)15-2/h6H,3-4H2,1-2H3,(H,12,14)/t6-/m1/s1. The number of methoxy groups -OCH3 is 1. The molecular weight excluding hydrogens is 280 g/mol. The van der Waals surface area contributed by atoms with Crippen molar-refractivity contribution in [3.8, 4) is 0 Å². The molecule has 0 spiro atoms. The van der Waals surface area contributed by atoms with Crippen LogP contribution in [0, 0.1) is 0 Å². The lowest BCUT2D eigenvalue weighted by molar-refractivity contribution is -0.150. The summed E-state index contributed by atoms with van der Waals surface area (Å²) >= 11 is 16.6. The van der Waals surface area contributed by atoms with E-state index in [2.05, 4.69) is 10.1 Å². The number of esters is 1. The number of nitrogens with one attached hydrogen (secondary N) is 1. The third kappa shape index (κ3) is 6.25. The zero-order valence-corrected chi connectivity index (χ0v) is 11.0. The summed E-state index contributed by atoms with van der Waals surface area (Å²) in [5.41, 5.74) is 0. The van der Waals surface area contributed by atoms with Crippen LogP contribution in [0.25, 0.3) is 0 Å². The third-order valence-electron chi connectivity index (χ3n) is 1.44. The van der Waals surface area contributed by atoms with E-state index >= 15 is 0 Å². The highest BCUT2D eigenvalue weighted by atomic mass is 35.6. The van der Waals surface area contributed by atoms with Gasteiger partial charge in [0.05, 0.1) is 7.11 Å². The van der Waals surface area contributed by atoms with E-state index < -0.39 is 22.1 Å². The summed E-state index contributed by atoms with van der Waals surface area (Å²) in [6, 6.07) is 0. The molecule has 0 aliphatic carbocycles. The smallest absolute Gasteiger partial charge is 0.409 e. The fourth-order valence-corrected chi connectivity index (χ4v) is 1.04. The van der Waals surface area contributed by atoms with E-state index in [4.69, 9.17) is 39.5 Å². The van der Waals surface area contributed by atoms with Gasteiger partial charge in [-0.25, -0.2) is 4.79 Å². The van der Waals surface area contributed by atoms with E-state index in [1.54, 1.807) is 6.92 Å². The molecule has 0 radical (unpaired) electrons. The van der Waals surface area contributed by atoms with Gasteiger partial charge in [0.15, 0.2) is 0 Å². The SMILES string of the molecule is CCCC(=O)O[C@@H](NC(=O)OC)C(Cl)(Cl)Cl. The molecule has 0 bridgehead atoms. The molecule has 1 amide bonds. The summed E-state index contributed by atoms with van der Waals surface area (Å²) in [5.74, 6) is -0.574. The Morgan fingerprint density at radius 1 is 1.38 bits per heavy atom. The van der Waals surface area contributed by atoms with Crippen molar-refractivity contribution in [1.29, 1.82) is 0 Å². The number of amides is 1. The van der Waals surface area contributed by atoms with Crippen LogP contribution in [0.5, 0.6) is 0 Å². The van der Waals surface area contributed by atoms with Gasteiger partial charge in [0, 0.05) is 6.42 Å². The molecule has 0 fully saturated rings.